The van der Waals surface area contributed by atoms with Crippen molar-refractivity contribution in [3.8, 4) is 0 Å². The highest BCUT2D eigenvalue weighted by Crippen LogP contribution is 2.26. The molecule has 0 atom stereocenters. The van der Waals surface area contributed by atoms with Gasteiger partial charge in [0.2, 0.25) is 5.95 Å². The normalized spacial score (nSPS) is 11.7. The Balaban J connectivity index is 1.92. The number of anilines is 2. The van der Waals surface area contributed by atoms with Gasteiger partial charge in [-0.1, -0.05) is 43.9 Å². The number of carboxylic acid groups (broad SMARTS) is 1. The monoisotopic (exact) mass is 411 g/mol. The molecule has 0 unspecified atom stereocenters. The van der Waals surface area contributed by atoms with Crippen LogP contribution in [0.2, 0.25) is 25.7 Å². The molecule has 3 aromatic rings. The minimum atomic E-state index is -1.17. The third kappa shape index (κ3) is 5.68. The minimum Gasteiger partial charge on any atom is -0.481 e. The summed E-state index contributed by atoms with van der Waals surface area (Å²) in [5.41, 5.74) is 4.53. The number of fused-ring (bicyclic) bond motifs is 1. The maximum absolute atomic E-state index is 11.1. The van der Waals surface area contributed by atoms with E-state index < -0.39 is 14.0 Å². The van der Waals surface area contributed by atoms with Gasteiger partial charge in [-0.3, -0.25) is 9.36 Å². The van der Waals surface area contributed by atoms with Gasteiger partial charge in [-0.25, -0.2) is 4.98 Å². The van der Waals surface area contributed by atoms with Crippen LogP contribution in [0.3, 0.4) is 0 Å². The number of hydrogen-bond acceptors (Lipinski definition) is 4. The average molecular weight is 412 g/mol. The summed E-state index contributed by atoms with van der Waals surface area (Å²) in [6, 6.07) is 14.7. The summed E-state index contributed by atoms with van der Waals surface area (Å²) in [5.74, 6) is -0.158. The molecular formula is C22H29N3O3Si. The molecule has 0 saturated heterocycles. The fourth-order valence-electron chi connectivity index (χ4n) is 3.05. The van der Waals surface area contributed by atoms with Crippen LogP contribution in [0, 0.1) is 6.92 Å². The van der Waals surface area contributed by atoms with Crippen LogP contribution in [0.25, 0.3) is 11.0 Å². The number of nitrogens with zero attached hydrogens (tertiary/aromatic N) is 2. The molecule has 1 heterocycles. The Morgan fingerprint density at radius 2 is 1.97 bits per heavy atom. The highest BCUT2D eigenvalue weighted by Gasteiger charge is 2.15. The number of para-hydroxylation sites is 1. The number of aromatic nitrogens is 2. The number of rotatable bonds is 9. The zero-order valence-corrected chi connectivity index (χ0v) is 18.5. The smallest absolute Gasteiger partial charge is 0.307 e. The van der Waals surface area contributed by atoms with Crippen LogP contribution < -0.4 is 5.32 Å². The van der Waals surface area contributed by atoms with Crippen molar-refractivity contribution in [3.05, 3.63) is 53.6 Å². The summed E-state index contributed by atoms with van der Waals surface area (Å²) in [5, 5.41) is 12.5. The molecule has 1 aromatic heterocycles. The van der Waals surface area contributed by atoms with Crippen LogP contribution in [0.4, 0.5) is 11.6 Å². The molecule has 0 radical (unpaired) electrons. The number of carboxylic acids is 1. The van der Waals surface area contributed by atoms with Gasteiger partial charge in [0, 0.05) is 20.4 Å². The molecule has 0 aliphatic carbocycles. The van der Waals surface area contributed by atoms with E-state index >= 15 is 0 Å². The maximum Gasteiger partial charge on any atom is 0.307 e. The number of hydrogen-bond donors (Lipinski definition) is 2. The van der Waals surface area contributed by atoms with Crippen molar-refractivity contribution in [2.75, 3.05) is 11.9 Å². The van der Waals surface area contributed by atoms with Crippen LogP contribution in [-0.2, 0) is 22.7 Å². The molecule has 0 aliphatic rings. The Morgan fingerprint density at radius 1 is 1.21 bits per heavy atom. The summed E-state index contributed by atoms with van der Waals surface area (Å²) < 4.78 is 7.98. The van der Waals surface area contributed by atoms with E-state index in [0.717, 1.165) is 33.9 Å². The SMILES string of the molecule is Cc1ccccc1Nc1nc2ccc(CC(=O)O)cc2n1COCC[Si](C)(C)C. The Morgan fingerprint density at radius 3 is 2.66 bits per heavy atom. The Kier molecular flexibility index (Phi) is 6.39. The van der Waals surface area contributed by atoms with E-state index in [0.29, 0.717) is 19.3 Å². The van der Waals surface area contributed by atoms with E-state index in [4.69, 9.17) is 14.8 Å². The van der Waals surface area contributed by atoms with E-state index in [1.807, 2.05) is 54.0 Å². The fourth-order valence-corrected chi connectivity index (χ4v) is 3.80. The molecule has 29 heavy (non-hydrogen) atoms. The molecule has 0 amide bonds. The molecule has 0 saturated carbocycles. The second-order valence-corrected chi connectivity index (χ2v) is 14.2. The molecule has 0 bridgehead atoms. The number of imidazole rings is 1. The third-order valence-electron chi connectivity index (χ3n) is 4.78. The first-order valence-electron chi connectivity index (χ1n) is 9.84. The zero-order valence-electron chi connectivity index (χ0n) is 17.5. The first kappa shape index (κ1) is 21.1. The lowest BCUT2D eigenvalue weighted by Gasteiger charge is -2.17. The Bertz CT molecular complexity index is 1010. The third-order valence-corrected chi connectivity index (χ3v) is 6.48. The molecule has 6 nitrogen and oxygen atoms in total. The van der Waals surface area contributed by atoms with E-state index in [9.17, 15) is 4.79 Å². The van der Waals surface area contributed by atoms with Gasteiger partial charge in [0.1, 0.15) is 6.73 Å². The minimum absolute atomic E-state index is 0.0157. The molecule has 0 spiro atoms. The van der Waals surface area contributed by atoms with Crippen molar-refractivity contribution in [1.29, 1.82) is 0 Å². The van der Waals surface area contributed by atoms with Crippen molar-refractivity contribution >= 4 is 36.7 Å². The van der Waals surface area contributed by atoms with Gasteiger partial charge >= 0.3 is 5.97 Å². The quantitative estimate of drug-likeness (QED) is 0.382. The highest BCUT2D eigenvalue weighted by atomic mass is 28.3. The zero-order chi connectivity index (χ0) is 21.0. The predicted octanol–water partition coefficient (Wildman–Crippen LogP) is 5.03. The van der Waals surface area contributed by atoms with E-state index in [1.54, 1.807) is 0 Å². The van der Waals surface area contributed by atoms with Gasteiger partial charge in [0.25, 0.3) is 0 Å². The topological polar surface area (TPSA) is 76.4 Å². The summed E-state index contributed by atoms with van der Waals surface area (Å²) in [7, 11) is -1.17. The lowest BCUT2D eigenvalue weighted by atomic mass is 10.1. The second kappa shape index (κ2) is 8.80. The van der Waals surface area contributed by atoms with E-state index in [-0.39, 0.29) is 6.42 Å². The maximum atomic E-state index is 11.1. The largest absolute Gasteiger partial charge is 0.481 e. The van der Waals surface area contributed by atoms with Crippen LogP contribution in [-0.4, -0.2) is 35.3 Å². The highest BCUT2D eigenvalue weighted by molar-refractivity contribution is 6.76. The van der Waals surface area contributed by atoms with Gasteiger partial charge in [-0.15, -0.1) is 0 Å². The molecule has 7 heteroatoms. The molecule has 0 aliphatic heterocycles. The summed E-state index contributed by atoms with van der Waals surface area (Å²) in [6.07, 6.45) is -0.0157. The molecular weight excluding hydrogens is 382 g/mol. The van der Waals surface area contributed by atoms with Gasteiger partial charge in [-0.2, -0.15) is 0 Å². The van der Waals surface area contributed by atoms with Crippen LogP contribution >= 0.6 is 0 Å². The number of aliphatic carboxylic acids is 1. The first-order chi connectivity index (χ1) is 13.7. The van der Waals surface area contributed by atoms with Crippen LogP contribution in [0.5, 0.6) is 0 Å². The van der Waals surface area contributed by atoms with Gasteiger partial charge in [0.05, 0.1) is 17.5 Å². The summed E-state index contributed by atoms with van der Waals surface area (Å²) in [6.45, 7) is 10.1. The number of benzene rings is 2. The van der Waals surface area contributed by atoms with Gasteiger partial charge in [-0.05, 0) is 42.3 Å². The van der Waals surface area contributed by atoms with Crippen LogP contribution in [0.1, 0.15) is 11.1 Å². The number of carbonyl (C=O) groups is 1. The fraction of sp³-hybridized carbons (Fsp3) is 0.364. The summed E-state index contributed by atoms with van der Waals surface area (Å²) in [4.78, 5) is 15.9. The van der Waals surface area contributed by atoms with Gasteiger partial charge in [0.15, 0.2) is 0 Å². The second-order valence-electron chi connectivity index (χ2n) is 8.54. The van der Waals surface area contributed by atoms with Crippen molar-refractivity contribution in [1.82, 2.24) is 9.55 Å². The van der Waals surface area contributed by atoms with Crippen LogP contribution in [0.15, 0.2) is 42.5 Å². The lowest BCUT2D eigenvalue weighted by Crippen LogP contribution is -2.22. The van der Waals surface area contributed by atoms with Gasteiger partial charge < -0.3 is 15.2 Å². The molecule has 2 N–H and O–H groups in total. The number of ether oxygens (including phenoxy) is 1. The lowest BCUT2D eigenvalue weighted by molar-refractivity contribution is -0.136. The average Bonchev–Trinajstić information content (AvgIpc) is 2.96. The van der Waals surface area contributed by atoms with E-state index in [2.05, 4.69) is 25.0 Å². The first-order valence-corrected chi connectivity index (χ1v) is 13.5. The van der Waals surface area contributed by atoms with E-state index in [1.165, 1.54) is 0 Å². The molecule has 2 aromatic carbocycles. The number of nitrogens with one attached hydrogen (secondary N) is 1. The van der Waals surface area contributed by atoms with Crippen molar-refractivity contribution in [3.63, 3.8) is 0 Å². The van der Waals surface area contributed by atoms with Crippen molar-refractivity contribution < 1.29 is 14.6 Å². The predicted molar refractivity (Wildman–Crippen MR) is 120 cm³/mol. The molecule has 3 rings (SSSR count). The Labute approximate surface area is 172 Å². The van der Waals surface area contributed by atoms with Crippen molar-refractivity contribution in [2.45, 2.75) is 45.8 Å². The number of aryl methyl sites for hydroxylation is 1. The Hall–Kier alpha value is -2.64. The molecule has 0 fully saturated rings. The summed E-state index contributed by atoms with van der Waals surface area (Å²) >= 11 is 0. The standard InChI is InChI=1S/C22H29N3O3Si/c1-16-7-5-6-8-18(16)23-22-24-19-10-9-17(14-21(26)27)13-20(19)25(22)15-28-11-12-29(2,3)4/h5-10,13H,11-12,14-15H2,1-4H3,(H,23,24)(H,26,27). The van der Waals surface area contributed by atoms with Crippen molar-refractivity contribution in [2.24, 2.45) is 0 Å². The molecule has 154 valence electrons.